The number of hydrogen-bond acceptors (Lipinski definition) is 3. The van der Waals surface area contributed by atoms with Crippen LogP contribution >= 0.6 is 0 Å². The lowest BCUT2D eigenvalue weighted by Crippen LogP contribution is -2.55. The number of morpholine rings is 1. The second-order valence-electron chi connectivity index (χ2n) is 5.52. The highest BCUT2D eigenvalue weighted by atomic mass is 16.5. The molecule has 3 rings (SSSR count). The van der Waals surface area contributed by atoms with E-state index in [4.69, 9.17) is 9.47 Å². The Bertz CT molecular complexity index is 444. The van der Waals surface area contributed by atoms with Crippen molar-refractivity contribution in [2.75, 3.05) is 26.8 Å². The molecule has 2 unspecified atom stereocenters. The number of ether oxygens (including phenoxy) is 2. The van der Waals surface area contributed by atoms with E-state index in [1.165, 1.54) is 24.1 Å². The van der Waals surface area contributed by atoms with Crippen molar-refractivity contribution in [1.82, 2.24) is 4.90 Å². The summed E-state index contributed by atoms with van der Waals surface area (Å²) in [7, 11) is 1.76. The molecular formula is C16H23NO2. The van der Waals surface area contributed by atoms with Crippen molar-refractivity contribution in [3.8, 4) is 5.75 Å². The molecule has 0 aromatic heterocycles. The van der Waals surface area contributed by atoms with Gasteiger partial charge in [-0.1, -0.05) is 19.1 Å². The highest BCUT2D eigenvalue weighted by Crippen LogP contribution is 2.34. The minimum absolute atomic E-state index is 0.337. The van der Waals surface area contributed by atoms with Crippen LogP contribution in [0.3, 0.4) is 0 Å². The Kier molecular flexibility index (Phi) is 3.76. The molecule has 0 bridgehead atoms. The molecule has 0 radical (unpaired) electrons. The van der Waals surface area contributed by atoms with Crippen molar-refractivity contribution in [2.24, 2.45) is 0 Å². The van der Waals surface area contributed by atoms with Crippen molar-refractivity contribution in [3.05, 3.63) is 29.3 Å². The Hall–Kier alpha value is -1.06. The van der Waals surface area contributed by atoms with Crippen LogP contribution < -0.4 is 4.74 Å². The van der Waals surface area contributed by atoms with Gasteiger partial charge in [0.1, 0.15) is 5.75 Å². The third-order valence-electron chi connectivity index (χ3n) is 4.40. The molecule has 2 atom stereocenters. The maximum Gasteiger partial charge on any atom is 0.122 e. The number of nitrogens with zero attached hydrogens (tertiary/aromatic N) is 1. The second kappa shape index (κ2) is 5.51. The van der Waals surface area contributed by atoms with Gasteiger partial charge in [-0.15, -0.1) is 0 Å². The van der Waals surface area contributed by atoms with Crippen molar-refractivity contribution in [2.45, 2.75) is 38.3 Å². The maximum atomic E-state index is 6.02. The highest BCUT2D eigenvalue weighted by Gasteiger charge is 2.36. The molecule has 2 aliphatic rings. The summed E-state index contributed by atoms with van der Waals surface area (Å²) in [5.74, 6) is 1.02. The van der Waals surface area contributed by atoms with Gasteiger partial charge in [-0.3, -0.25) is 4.90 Å². The quantitative estimate of drug-likeness (QED) is 0.833. The van der Waals surface area contributed by atoms with Crippen LogP contribution in [0.25, 0.3) is 0 Å². The van der Waals surface area contributed by atoms with Crippen LogP contribution in [0, 0.1) is 0 Å². The summed E-state index contributed by atoms with van der Waals surface area (Å²) < 4.78 is 11.5. The first-order chi connectivity index (χ1) is 9.33. The van der Waals surface area contributed by atoms with Gasteiger partial charge in [0.05, 0.1) is 19.8 Å². The highest BCUT2D eigenvalue weighted by molar-refractivity contribution is 5.43. The summed E-state index contributed by atoms with van der Waals surface area (Å²) in [5, 5.41) is 0. The van der Waals surface area contributed by atoms with E-state index in [1.54, 1.807) is 7.11 Å². The van der Waals surface area contributed by atoms with Gasteiger partial charge < -0.3 is 9.47 Å². The van der Waals surface area contributed by atoms with E-state index in [0.717, 1.165) is 31.7 Å². The van der Waals surface area contributed by atoms with E-state index < -0.39 is 0 Å². The molecule has 0 N–H and O–H groups in total. The number of methoxy groups -OCH3 is 1. The Morgan fingerprint density at radius 2 is 2.26 bits per heavy atom. The summed E-state index contributed by atoms with van der Waals surface area (Å²) in [6, 6.07) is 6.96. The van der Waals surface area contributed by atoms with E-state index in [1.807, 2.05) is 0 Å². The van der Waals surface area contributed by atoms with Crippen molar-refractivity contribution in [3.63, 3.8) is 0 Å². The molecule has 1 aromatic carbocycles. The molecule has 3 heteroatoms. The summed E-state index contributed by atoms with van der Waals surface area (Å²) in [6.45, 7) is 5.38. The molecule has 19 heavy (non-hydrogen) atoms. The molecule has 3 nitrogen and oxygen atoms in total. The van der Waals surface area contributed by atoms with Crippen LogP contribution in [-0.2, 0) is 17.6 Å². The lowest BCUT2D eigenvalue weighted by Gasteiger charge is -2.44. The summed E-state index contributed by atoms with van der Waals surface area (Å²) in [4.78, 5) is 2.61. The first-order valence-electron chi connectivity index (χ1n) is 7.34. The first-order valence-corrected chi connectivity index (χ1v) is 7.34. The van der Waals surface area contributed by atoms with E-state index in [2.05, 4.69) is 30.0 Å². The molecule has 0 saturated carbocycles. The molecule has 0 amide bonds. The third-order valence-corrected chi connectivity index (χ3v) is 4.40. The molecule has 1 aromatic rings. The maximum absolute atomic E-state index is 6.02. The average Bonchev–Trinajstić information content (AvgIpc) is 2.45. The second-order valence-corrected chi connectivity index (χ2v) is 5.52. The standard InChI is InChI=1S/C16H23NO2/c1-3-7-17-8-9-19-16-11-13-12(10-14(16)17)5-4-6-15(13)18-2/h4-6,14,16H,3,7-11H2,1-2H3. The van der Waals surface area contributed by atoms with Crippen LogP contribution in [0.15, 0.2) is 18.2 Å². The zero-order valence-electron chi connectivity index (χ0n) is 11.9. The fourth-order valence-corrected chi connectivity index (χ4v) is 3.51. The number of rotatable bonds is 3. The Balaban J connectivity index is 1.88. The van der Waals surface area contributed by atoms with Gasteiger partial charge in [-0.2, -0.15) is 0 Å². The average molecular weight is 261 g/mol. The topological polar surface area (TPSA) is 21.7 Å². The lowest BCUT2D eigenvalue weighted by molar-refractivity contribution is -0.0741. The van der Waals surface area contributed by atoms with Crippen LogP contribution in [0.4, 0.5) is 0 Å². The monoisotopic (exact) mass is 261 g/mol. The van der Waals surface area contributed by atoms with Gasteiger partial charge in [0.2, 0.25) is 0 Å². The zero-order chi connectivity index (χ0) is 13.2. The summed E-state index contributed by atoms with van der Waals surface area (Å²) in [6.07, 6.45) is 3.64. The first kappa shape index (κ1) is 12.9. The van der Waals surface area contributed by atoms with E-state index in [0.29, 0.717) is 12.1 Å². The van der Waals surface area contributed by atoms with E-state index >= 15 is 0 Å². The molecule has 1 aliphatic heterocycles. The number of benzene rings is 1. The number of hydrogen-bond donors (Lipinski definition) is 0. The molecule has 1 heterocycles. The van der Waals surface area contributed by atoms with Crippen LogP contribution in [-0.4, -0.2) is 43.9 Å². The Morgan fingerprint density at radius 3 is 3.05 bits per heavy atom. The van der Waals surface area contributed by atoms with Crippen LogP contribution in [0.1, 0.15) is 24.5 Å². The van der Waals surface area contributed by atoms with Gasteiger partial charge in [0.15, 0.2) is 0 Å². The minimum atomic E-state index is 0.337. The summed E-state index contributed by atoms with van der Waals surface area (Å²) >= 11 is 0. The van der Waals surface area contributed by atoms with Crippen LogP contribution in [0.5, 0.6) is 5.75 Å². The largest absolute Gasteiger partial charge is 0.496 e. The Labute approximate surface area is 115 Å². The van der Waals surface area contributed by atoms with Gasteiger partial charge in [0, 0.05) is 19.0 Å². The molecule has 1 aliphatic carbocycles. The van der Waals surface area contributed by atoms with Gasteiger partial charge in [-0.05, 0) is 36.6 Å². The van der Waals surface area contributed by atoms with Crippen LogP contribution in [0.2, 0.25) is 0 Å². The lowest BCUT2D eigenvalue weighted by atomic mass is 9.84. The predicted octanol–water partition coefficient (Wildman–Crippen LogP) is 2.27. The fraction of sp³-hybridized carbons (Fsp3) is 0.625. The van der Waals surface area contributed by atoms with Gasteiger partial charge in [-0.25, -0.2) is 0 Å². The SMILES string of the molecule is CCCN1CCOC2Cc3c(cccc3OC)CC21. The molecular weight excluding hydrogens is 238 g/mol. The fourth-order valence-electron chi connectivity index (χ4n) is 3.51. The van der Waals surface area contributed by atoms with Gasteiger partial charge in [0.25, 0.3) is 0 Å². The molecule has 104 valence electrons. The molecule has 0 spiro atoms. The number of fused-ring (bicyclic) bond motifs is 2. The van der Waals surface area contributed by atoms with Crippen molar-refractivity contribution >= 4 is 0 Å². The third kappa shape index (κ3) is 2.37. The van der Waals surface area contributed by atoms with Crippen molar-refractivity contribution < 1.29 is 9.47 Å². The predicted molar refractivity (Wildman–Crippen MR) is 75.8 cm³/mol. The van der Waals surface area contributed by atoms with Gasteiger partial charge >= 0.3 is 0 Å². The smallest absolute Gasteiger partial charge is 0.122 e. The van der Waals surface area contributed by atoms with E-state index in [-0.39, 0.29) is 0 Å². The Morgan fingerprint density at radius 1 is 1.37 bits per heavy atom. The molecule has 1 saturated heterocycles. The normalized spacial score (nSPS) is 26.6. The molecule has 1 fully saturated rings. The van der Waals surface area contributed by atoms with Crippen molar-refractivity contribution in [1.29, 1.82) is 0 Å². The zero-order valence-corrected chi connectivity index (χ0v) is 11.9. The summed E-state index contributed by atoms with van der Waals surface area (Å²) in [5.41, 5.74) is 2.79. The minimum Gasteiger partial charge on any atom is -0.496 e. The van der Waals surface area contributed by atoms with E-state index in [9.17, 15) is 0 Å².